The van der Waals surface area contributed by atoms with Gasteiger partial charge in [0, 0.05) is 12.1 Å². The molecule has 100 valence electrons. The van der Waals surface area contributed by atoms with Crippen molar-refractivity contribution in [3.05, 3.63) is 45.7 Å². The van der Waals surface area contributed by atoms with Gasteiger partial charge in [-0.15, -0.1) is 0 Å². The van der Waals surface area contributed by atoms with Crippen LogP contribution >= 0.6 is 22.6 Å². The third-order valence-electron chi connectivity index (χ3n) is 3.27. The van der Waals surface area contributed by atoms with Crippen LogP contribution in [0.15, 0.2) is 34.9 Å². The first-order chi connectivity index (χ1) is 9.15. The molecule has 2 N–H and O–H groups in total. The lowest BCUT2D eigenvalue weighted by Crippen LogP contribution is -2.26. The Labute approximate surface area is 124 Å². The van der Waals surface area contributed by atoms with Gasteiger partial charge in [-0.2, -0.15) is 0 Å². The summed E-state index contributed by atoms with van der Waals surface area (Å²) in [6.07, 6.45) is 3.89. The van der Waals surface area contributed by atoms with Gasteiger partial charge in [0.05, 0.1) is 27.8 Å². The molecule has 3 rings (SSSR count). The average molecular weight is 372 g/mol. The first-order valence-corrected chi connectivity index (χ1v) is 7.26. The molecule has 0 radical (unpaired) electrons. The minimum absolute atomic E-state index is 0.227. The molecule has 0 saturated heterocycles. The van der Waals surface area contributed by atoms with Crippen LogP contribution in [0.1, 0.15) is 18.6 Å². The molecule has 0 bridgehead atoms. The van der Waals surface area contributed by atoms with E-state index in [9.17, 15) is 4.39 Å². The van der Waals surface area contributed by atoms with E-state index in [4.69, 9.17) is 10.2 Å². The fourth-order valence-corrected chi connectivity index (χ4v) is 2.66. The van der Waals surface area contributed by atoms with Crippen LogP contribution in [0.4, 0.5) is 15.8 Å². The number of halogens is 2. The summed E-state index contributed by atoms with van der Waals surface area (Å²) in [6.45, 7) is 0.627. The molecule has 0 amide bonds. The van der Waals surface area contributed by atoms with Gasteiger partial charge in [-0.25, -0.2) is 4.39 Å². The molecule has 1 saturated carbocycles. The first kappa shape index (κ1) is 12.8. The highest BCUT2D eigenvalue weighted by molar-refractivity contribution is 14.1. The van der Waals surface area contributed by atoms with E-state index in [0.29, 0.717) is 21.8 Å². The third-order valence-corrected chi connectivity index (χ3v) is 4.10. The number of hydrogen-bond acceptors (Lipinski definition) is 3. The molecule has 1 aliphatic rings. The molecule has 0 spiro atoms. The Balaban J connectivity index is 1.94. The Morgan fingerprint density at radius 1 is 1.42 bits per heavy atom. The monoisotopic (exact) mass is 372 g/mol. The fraction of sp³-hybridized carbons (Fsp3) is 0.286. The lowest BCUT2D eigenvalue weighted by molar-refractivity contribution is 0.501. The van der Waals surface area contributed by atoms with Gasteiger partial charge in [-0.1, -0.05) is 0 Å². The van der Waals surface area contributed by atoms with E-state index in [1.54, 1.807) is 12.3 Å². The zero-order valence-corrected chi connectivity index (χ0v) is 12.4. The van der Waals surface area contributed by atoms with Gasteiger partial charge in [0.2, 0.25) is 0 Å². The number of hydrogen-bond donors (Lipinski definition) is 1. The van der Waals surface area contributed by atoms with Crippen molar-refractivity contribution in [1.82, 2.24) is 0 Å². The maximum Gasteiger partial charge on any atom is 0.138 e. The van der Waals surface area contributed by atoms with Crippen LogP contribution in [0.25, 0.3) is 0 Å². The second-order valence-corrected chi connectivity index (χ2v) is 5.93. The summed E-state index contributed by atoms with van der Waals surface area (Å²) in [5, 5.41) is 0. The molecule has 1 heterocycles. The van der Waals surface area contributed by atoms with Crippen molar-refractivity contribution < 1.29 is 8.81 Å². The molecule has 0 atom stereocenters. The SMILES string of the molecule is Nc1cc(I)c(F)cc1N(Cc1ccco1)C1CC1. The standard InChI is InChI=1S/C14H14FIN2O/c15-11-6-14(13(17)7-12(11)16)18(9-3-4-9)8-10-2-1-5-19-10/h1-2,5-7,9H,3-4,8,17H2. The Bertz CT molecular complexity index is 581. The molecule has 19 heavy (non-hydrogen) atoms. The zero-order valence-electron chi connectivity index (χ0n) is 10.3. The molecule has 2 aromatic rings. The molecule has 0 aliphatic heterocycles. The normalized spacial score (nSPS) is 14.6. The molecule has 3 nitrogen and oxygen atoms in total. The Hall–Kier alpha value is -1.24. The number of nitrogens with two attached hydrogens (primary N) is 1. The summed E-state index contributed by atoms with van der Waals surface area (Å²) in [5.41, 5.74) is 7.42. The van der Waals surface area contributed by atoms with Crippen molar-refractivity contribution in [2.75, 3.05) is 10.6 Å². The predicted molar refractivity (Wildman–Crippen MR) is 81.4 cm³/mol. The molecule has 1 aromatic heterocycles. The number of furan rings is 1. The third kappa shape index (κ3) is 2.70. The van der Waals surface area contributed by atoms with Crippen molar-refractivity contribution in [3.8, 4) is 0 Å². The van der Waals surface area contributed by atoms with E-state index in [-0.39, 0.29) is 5.82 Å². The molecule has 1 fully saturated rings. The van der Waals surface area contributed by atoms with Gasteiger partial charge in [0.15, 0.2) is 0 Å². The lowest BCUT2D eigenvalue weighted by atomic mass is 10.2. The molecule has 1 aliphatic carbocycles. The lowest BCUT2D eigenvalue weighted by Gasteiger charge is -2.25. The van der Waals surface area contributed by atoms with Crippen LogP contribution in [-0.4, -0.2) is 6.04 Å². The summed E-state index contributed by atoms with van der Waals surface area (Å²) < 4.78 is 19.7. The van der Waals surface area contributed by atoms with Crippen molar-refractivity contribution in [2.45, 2.75) is 25.4 Å². The highest BCUT2D eigenvalue weighted by Gasteiger charge is 2.31. The van der Waals surface area contributed by atoms with Crippen molar-refractivity contribution in [1.29, 1.82) is 0 Å². The van der Waals surface area contributed by atoms with E-state index >= 15 is 0 Å². The highest BCUT2D eigenvalue weighted by atomic mass is 127. The first-order valence-electron chi connectivity index (χ1n) is 6.18. The van der Waals surface area contributed by atoms with E-state index < -0.39 is 0 Å². The number of nitrogens with zero attached hydrogens (tertiary/aromatic N) is 1. The summed E-state index contributed by atoms with van der Waals surface area (Å²) in [6, 6.07) is 7.43. The highest BCUT2D eigenvalue weighted by Crippen LogP contribution is 2.37. The van der Waals surface area contributed by atoms with Crippen molar-refractivity contribution in [2.24, 2.45) is 0 Å². The number of rotatable bonds is 4. The summed E-state index contributed by atoms with van der Waals surface area (Å²) in [7, 11) is 0. The Kier molecular flexibility index (Phi) is 3.38. The van der Waals surface area contributed by atoms with Crippen LogP contribution in [0, 0.1) is 9.39 Å². The van der Waals surface area contributed by atoms with Crippen LogP contribution in [0.3, 0.4) is 0 Å². The number of nitrogen functional groups attached to an aromatic ring is 1. The second-order valence-electron chi connectivity index (χ2n) is 4.76. The van der Waals surface area contributed by atoms with Crippen LogP contribution in [0.2, 0.25) is 0 Å². The maximum absolute atomic E-state index is 13.8. The smallest absolute Gasteiger partial charge is 0.138 e. The Morgan fingerprint density at radius 2 is 2.21 bits per heavy atom. The topological polar surface area (TPSA) is 42.4 Å². The van der Waals surface area contributed by atoms with Gasteiger partial charge in [-0.05, 0) is 53.6 Å². The van der Waals surface area contributed by atoms with Gasteiger partial charge in [-0.3, -0.25) is 0 Å². The van der Waals surface area contributed by atoms with E-state index in [2.05, 4.69) is 4.90 Å². The van der Waals surface area contributed by atoms with Crippen LogP contribution in [0.5, 0.6) is 0 Å². The largest absolute Gasteiger partial charge is 0.467 e. The molecule has 1 aromatic carbocycles. The summed E-state index contributed by atoms with van der Waals surface area (Å²) in [5.74, 6) is 0.639. The van der Waals surface area contributed by atoms with E-state index in [1.807, 2.05) is 34.7 Å². The van der Waals surface area contributed by atoms with Gasteiger partial charge >= 0.3 is 0 Å². The van der Waals surface area contributed by atoms with Crippen LogP contribution in [-0.2, 0) is 6.54 Å². The van der Waals surface area contributed by atoms with Crippen LogP contribution < -0.4 is 10.6 Å². The number of anilines is 2. The minimum Gasteiger partial charge on any atom is -0.467 e. The van der Waals surface area contributed by atoms with E-state index in [0.717, 1.165) is 24.3 Å². The van der Waals surface area contributed by atoms with E-state index in [1.165, 1.54) is 6.07 Å². The second kappa shape index (κ2) is 5.03. The van der Waals surface area contributed by atoms with Gasteiger partial charge < -0.3 is 15.1 Å². The zero-order chi connectivity index (χ0) is 13.4. The molecular weight excluding hydrogens is 358 g/mol. The average Bonchev–Trinajstić information content (AvgIpc) is 3.09. The van der Waals surface area contributed by atoms with Crippen molar-refractivity contribution >= 4 is 34.0 Å². The van der Waals surface area contributed by atoms with Crippen molar-refractivity contribution in [3.63, 3.8) is 0 Å². The molecular formula is C14H14FIN2O. The predicted octanol–water partition coefficient (Wildman–Crippen LogP) is 3.77. The molecule has 0 unspecified atom stereocenters. The number of benzene rings is 1. The summed E-state index contributed by atoms with van der Waals surface area (Å²) >= 11 is 1.95. The molecule has 5 heteroatoms. The summed E-state index contributed by atoms with van der Waals surface area (Å²) in [4.78, 5) is 2.13. The quantitative estimate of drug-likeness (QED) is 0.656. The maximum atomic E-state index is 13.8. The fourth-order valence-electron chi connectivity index (χ4n) is 2.17. The van der Waals surface area contributed by atoms with Gasteiger partial charge in [0.1, 0.15) is 11.6 Å². The van der Waals surface area contributed by atoms with Gasteiger partial charge in [0.25, 0.3) is 0 Å². The Morgan fingerprint density at radius 3 is 2.84 bits per heavy atom. The minimum atomic E-state index is -0.227.